The summed E-state index contributed by atoms with van der Waals surface area (Å²) in [6.45, 7) is 2.60. The molecule has 2 fully saturated rings. The van der Waals surface area contributed by atoms with E-state index in [4.69, 9.17) is 9.84 Å². The topological polar surface area (TPSA) is 75.6 Å². The summed E-state index contributed by atoms with van der Waals surface area (Å²) in [6.07, 6.45) is 3.42. The molecule has 0 aromatic rings. The molecule has 2 unspecified atom stereocenters. The van der Waals surface area contributed by atoms with Crippen molar-refractivity contribution in [3.63, 3.8) is 0 Å². The third-order valence-electron chi connectivity index (χ3n) is 3.87. The van der Waals surface area contributed by atoms with E-state index in [1.807, 2.05) is 6.92 Å². The van der Waals surface area contributed by atoms with E-state index in [1.54, 1.807) is 0 Å². The first-order valence-electron chi connectivity index (χ1n) is 6.20. The molecule has 1 saturated heterocycles. The molecule has 1 aliphatic carbocycles. The minimum absolute atomic E-state index is 0.0584. The molecule has 5 nitrogen and oxygen atoms in total. The van der Waals surface area contributed by atoms with Gasteiger partial charge in [0, 0.05) is 12.6 Å². The Balaban J connectivity index is 1.94. The SMILES string of the molecule is CC1CC(NC(=O)C2(C(=O)O)CCC2)CCO1. The Hall–Kier alpha value is -1.10. The average Bonchev–Trinajstić information content (AvgIpc) is 2.14. The zero-order chi connectivity index (χ0) is 12.5. The highest BCUT2D eigenvalue weighted by atomic mass is 16.5. The van der Waals surface area contributed by atoms with Gasteiger partial charge in [0.05, 0.1) is 6.10 Å². The van der Waals surface area contributed by atoms with E-state index in [9.17, 15) is 9.59 Å². The zero-order valence-corrected chi connectivity index (χ0v) is 10.1. The summed E-state index contributed by atoms with van der Waals surface area (Å²) < 4.78 is 5.40. The Morgan fingerprint density at radius 3 is 2.59 bits per heavy atom. The van der Waals surface area contributed by atoms with Crippen molar-refractivity contribution in [2.24, 2.45) is 5.41 Å². The maximum atomic E-state index is 12.0. The van der Waals surface area contributed by atoms with Crippen molar-refractivity contribution in [2.45, 2.75) is 51.2 Å². The van der Waals surface area contributed by atoms with Crippen LogP contribution in [0.25, 0.3) is 0 Å². The number of carbonyl (C=O) groups excluding carboxylic acids is 1. The Morgan fingerprint density at radius 1 is 1.41 bits per heavy atom. The first kappa shape index (κ1) is 12.4. The first-order chi connectivity index (χ1) is 8.04. The molecular weight excluding hydrogens is 222 g/mol. The molecular formula is C12H19NO4. The van der Waals surface area contributed by atoms with E-state index in [0.29, 0.717) is 19.4 Å². The van der Waals surface area contributed by atoms with Crippen LogP contribution in [0.2, 0.25) is 0 Å². The van der Waals surface area contributed by atoms with Crippen molar-refractivity contribution < 1.29 is 19.4 Å². The number of amides is 1. The number of ether oxygens (including phenoxy) is 1. The van der Waals surface area contributed by atoms with Crippen LogP contribution in [-0.2, 0) is 14.3 Å². The lowest BCUT2D eigenvalue weighted by Gasteiger charge is -2.38. The van der Waals surface area contributed by atoms with Gasteiger partial charge in [-0.1, -0.05) is 6.42 Å². The van der Waals surface area contributed by atoms with Gasteiger partial charge in [0.1, 0.15) is 5.41 Å². The molecule has 96 valence electrons. The van der Waals surface area contributed by atoms with Crippen LogP contribution in [-0.4, -0.2) is 35.7 Å². The van der Waals surface area contributed by atoms with Crippen LogP contribution in [0.15, 0.2) is 0 Å². The van der Waals surface area contributed by atoms with E-state index in [2.05, 4.69) is 5.32 Å². The van der Waals surface area contributed by atoms with Gasteiger partial charge in [-0.15, -0.1) is 0 Å². The molecule has 0 radical (unpaired) electrons. The minimum atomic E-state index is -1.15. The second-order valence-corrected chi connectivity index (χ2v) is 5.12. The number of hydrogen-bond acceptors (Lipinski definition) is 3. The summed E-state index contributed by atoms with van der Waals surface area (Å²) in [5, 5.41) is 12.0. The van der Waals surface area contributed by atoms with Crippen molar-refractivity contribution in [3.8, 4) is 0 Å². The number of carboxylic acid groups (broad SMARTS) is 1. The molecule has 1 amide bonds. The maximum absolute atomic E-state index is 12.0. The predicted molar refractivity (Wildman–Crippen MR) is 60.5 cm³/mol. The molecule has 5 heteroatoms. The predicted octanol–water partition coefficient (Wildman–Crippen LogP) is 0.925. The Bertz CT molecular complexity index is 324. The van der Waals surface area contributed by atoms with Crippen LogP contribution in [0, 0.1) is 5.41 Å². The first-order valence-corrected chi connectivity index (χ1v) is 6.20. The molecule has 1 heterocycles. The zero-order valence-electron chi connectivity index (χ0n) is 10.1. The van der Waals surface area contributed by atoms with Crippen LogP contribution < -0.4 is 5.32 Å². The van der Waals surface area contributed by atoms with E-state index in [0.717, 1.165) is 19.3 Å². The largest absolute Gasteiger partial charge is 0.480 e. The van der Waals surface area contributed by atoms with Gasteiger partial charge in [0.25, 0.3) is 0 Å². The van der Waals surface area contributed by atoms with Crippen molar-refractivity contribution in [1.29, 1.82) is 0 Å². The van der Waals surface area contributed by atoms with Gasteiger partial charge in [-0.2, -0.15) is 0 Å². The van der Waals surface area contributed by atoms with Gasteiger partial charge in [-0.05, 0) is 32.6 Å². The van der Waals surface area contributed by atoms with Crippen LogP contribution in [0.1, 0.15) is 39.0 Å². The van der Waals surface area contributed by atoms with Crippen LogP contribution in [0.4, 0.5) is 0 Å². The standard InChI is InChI=1S/C12H19NO4/c1-8-7-9(3-6-17-8)13-10(14)12(11(15)16)4-2-5-12/h8-9H,2-7H2,1H3,(H,13,14)(H,15,16). The van der Waals surface area contributed by atoms with Gasteiger partial charge >= 0.3 is 5.97 Å². The maximum Gasteiger partial charge on any atom is 0.319 e. The molecule has 0 aromatic heterocycles. The molecule has 17 heavy (non-hydrogen) atoms. The molecule has 1 saturated carbocycles. The highest BCUT2D eigenvalue weighted by Gasteiger charge is 2.51. The lowest BCUT2D eigenvalue weighted by atomic mass is 9.68. The monoisotopic (exact) mass is 241 g/mol. The number of rotatable bonds is 3. The van der Waals surface area contributed by atoms with Gasteiger partial charge in [0.15, 0.2) is 0 Å². The summed E-state index contributed by atoms with van der Waals surface area (Å²) in [5.74, 6) is -1.29. The molecule has 0 bridgehead atoms. The smallest absolute Gasteiger partial charge is 0.319 e. The number of carboxylic acids is 1. The van der Waals surface area contributed by atoms with E-state index >= 15 is 0 Å². The summed E-state index contributed by atoms with van der Waals surface area (Å²) in [5.41, 5.74) is -1.15. The number of nitrogens with one attached hydrogen (secondary N) is 1. The number of carbonyl (C=O) groups is 2. The van der Waals surface area contributed by atoms with E-state index < -0.39 is 11.4 Å². The normalized spacial score (nSPS) is 31.4. The minimum Gasteiger partial charge on any atom is -0.480 e. The van der Waals surface area contributed by atoms with Gasteiger partial charge < -0.3 is 15.2 Å². The van der Waals surface area contributed by atoms with E-state index in [-0.39, 0.29) is 18.1 Å². The summed E-state index contributed by atoms with van der Waals surface area (Å²) in [7, 11) is 0. The fourth-order valence-corrected chi connectivity index (χ4v) is 2.52. The van der Waals surface area contributed by atoms with Gasteiger partial charge in [-0.3, -0.25) is 9.59 Å². The quantitative estimate of drug-likeness (QED) is 0.721. The molecule has 1 aliphatic heterocycles. The average molecular weight is 241 g/mol. The van der Waals surface area contributed by atoms with E-state index in [1.165, 1.54) is 0 Å². The van der Waals surface area contributed by atoms with Crippen LogP contribution in [0.5, 0.6) is 0 Å². The Labute approximate surface area is 101 Å². The summed E-state index contributed by atoms with van der Waals surface area (Å²) in [4.78, 5) is 23.2. The molecule has 2 N–H and O–H groups in total. The second kappa shape index (κ2) is 4.64. The summed E-state index contributed by atoms with van der Waals surface area (Å²) in [6, 6.07) is 0.0584. The van der Waals surface area contributed by atoms with Gasteiger partial charge in [-0.25, -0.2) is 0 Å². The van der Waals surface area contributed by atoms with Crippen molar-refractivity contribution in [3.05, 3.63) is 0 Å². The molecule has 0 spiro atoms. The molecule has 2 rings (SSSR count). The van der Waals surface area contributed by atoms with Crippen LogP contribution >= 0.6 is 0 Å². The Kier molecular flexibility index (Phi) is 3.38. The van der Waals surface area contributed by atoms with Gasteiger partial charge in [0.2, 0.25) is 5.91 Å². The van der Waals surface area contributed by atoms with Crippen LogP contribution in [0.3, 0.4) is 0 Å². The summed E-state index contributed by atoms with van der Waals surface area (Å²) >= 11 is 0. The highest BCUT2D eigenvalue weighted by Crippen LogP contribution is 2.41. The third kappa shape index (κ3) is 2.29. The lowest BCUT2D eigenvalue weighted by molar-refractivity contribution is -0.162. The second-order valence-electron chi connectivity index (χ2n) is 5.12. The number of hydrogen-bond donors (Lipinski definition) is 2. The lowest BCUT2D eigenvalue weighted by Crippen LogP contribution is -2.54. The van der Waals surface area contributed by atoms with Crippen molar-refractivity contribution in [1.82, 2.24) is 5.32 Å². The van der Waals surface area contributed by atoms with Crippen molar-refractivity contribution in [2.75, 3.05) is 6.61 Å². The molecule has 2 atom stereocenters. The number of aliphatic carboxylic acids is 1. The Morgan fingerprint density at radius 2 is 2.12 bits per heavy atom. The molecule has 2 aliphatic rings. The molecule has 0 aromatic carbocycles. The fraction of sp³-hybridized carbons (Fsp3) is 0.833. The van der Waals surface area contributed by atoms with Crippen molar-refractivity contribution >= 4 is 11.9 Å². The third-order valence-corrected chi connectivity index (χ3v) is 3.87. The highest BCUT2D eigenvalue weighted by molar-refractivity contribution is 6.02. The fourth-order valence-electron chi connectivity index (χ4n) is 2.52.